The Bertz CT molecular complexity index is 254. The lowest BCUT2D eigenvalue weighted by molar-refractivity contribution is -0.136. The third kappa shape index (κ3) is 2.05. The van der Waals surface area contributed by atoms with Gasteiger partial charge in [-0.3, -0.25) is 4.79 Å². The summed E-state index contributed by atoms with van der Waals surface area (Å²) in [5.74, 6) is 2.77. The molecule has 0 spiro atoms. The molecule has 0 radical (unpaired) electrons. The van der Waals surface area contributed by atoms with Crippen LogP contribution in [0.25, 0.3) is 0 Å². The van der Waals surface area contributed by atoms with Crippen LogP contribution in [0.5, 0.6) is 0 Å². The van der Waals surface area contributed by atoms with Crippen molar-refractivity contribution in [3.05, 3.63) is 0 Å². The van der Waals surface area contributed by atoms with E-state index in [-0.39, 0.29) is 10.7 Å². The molecule has 1 aliphatic rings. The monoisotopic (exact) mass is 243 g/mol. The highest BCUT2D eigenvalue weighted by Gasteiger charge is 2.35. The highest BCUT2D eigenvalue weighted by Crippen LogP contribution is 2.24. The molecule has 1 saturated heterocycles. The maximum absolute atomic E-state index is 11.7. The van der Waals surface area contributed by atoms with Gasteiger partial charge in [0.1, 0.15) is 0 Å². The van der Waals surface area contributed by atoms with E-state index in [1.54, 1.807) is 4.90 Å². The van der Waals surface area contributed by atoms with Crippen LogP contribution in [0.2, 0.25) is 0 Å². The number of piperidine rings is 1. The first-order chi connectivity index (χ1) is 5.99. The molecular weight excluding hydrogens is 230 g/mol. The second-order valence-electron chi connectivity index (χ2n) is 3.80. The molecule has 1 fully saturated rings. The molecule has 1 atom stereocenters. The van der Waals surface area contributed by atoms with Gasteiger partial charge in [0.15, 0.2) is 0 Å². The van der Waals surface area contributed by atoms with Crippen LogP contribution in [0.15, 0.2) is 0 Å². The van der Waals surface area contributed by atoms with Gasteiger partial charge < -0.3 is 4.90 Å². The van der Waals surface area contributed by atoms with Crippen molar-refractivity contribution in [2.45, 2.75) is 37.1 Å². The maximum Gasteiger partial charge on any atom is 0.237 e. The number of carbonyl (C=O) groups excluding carboxylic acids is 1. The van der Waals surface area contributed by atoms with Gasteiger partial charge in [-0.15, -0.1) is 6.42 Å². The molecule has 13 heavy (non-hydrogen) atoms. The Morgan fingerprint density at radius 1 is 1.69 bits per heavy atom. The topological polar surface area (TPSA) is 20.3 Å². The Hall–Kier alpha value is -0.490. The van der Waals surface area contributed by atoms with Crippen LogP contribution in [-0.4, -0.2) is 27.7 Å². The fourth-order valence-corrected chi connectivity index (χ4v) is 2.04. The van der Waals surface area contributed by atoms with Crippen molar-refractivity contribution in [3.8, 4) is 12.3 Å². The number of terminal acetylenes is 1. The number of hydrogen-bond acceptors (Lipinski definition) is 1. The van der Waals surface area contributed by atoms with Crippen LogP contribution in [0.3, 0.4) is 0 Å². The van der Waals surface area contributed by atoms with Crippen LogP contribution in [0.1, 0.15) is 26.7 Å². The van der Waals surface area contributed by atoms with Gasteiger partial charge >= 0.3 is 0 Å². The predicted octanol–water partition coefficient (Wildman–Crippen LogP) is 1.78. The Kier molecular flexibility index (Phi) is 3.02. The summed E-state index contributed by atoms with van der Waals surface area (Å²) in [4.78, 5) is 13.4. The lowest BCUT2D eigenvalue weighted by Crippen LogP contribution is -2.52. The summed E-state index contributed by atoms with van der Waals surface area (Å²) in [5, 5.41) is 0. The number of rotatable bonds is 1. The van der Waals surface area contributed by atoms with Crippen molar-refractivity contribution >= 4 is 21.8 Å². The second-order valence-corrected chi connectivity index (χ2v) is 4.91. The molecule has 1 aliphatic heterocycles. The SMILES string of the molecule is C#CC(C)(C)N1CCCC(Br)C1=O. The number of halogens is 1. The normalized spacial score (nSPS) is 24.3. The van der Waals surface area contributed by atoms with Crippen LogP contribution in [0, 0.1) is 12.3 Å². The van der Waals surface area contributed by atoms with E-state index in [1.807, 2.05) is 13.8 Å². The van der Waals surface area contributed by atoms with E-state index in [1.165, 1.54) is 0 Å². The zero-order valence-electron chi connectivity index (χ0n) is 8.01. The summed E-state index contributed by atoms with van der Waals surface area (Å²) in [5.41, 5.74) is -0.455. The van der Waals surface area contributed by atoms with E-state index in [9.17, 15) is 4.79 Å². The van der Waals surface area contributed by atoms with Crippen LogP contribution < -0.4 is 0 Å². The summed E-state index contributed by atoms with van der Waals surface area (Å²) in [6.45, 7) is 4.57. The highest BCUT2D eigenvalue weighted by molar-refractivity contribution is 9.10. The van der Waals surface area contributed by atoms with Gasteiger partial charge in [0.25, 0.3) is 0 Å². The second kappa shape index (κ2) is 3.71. The van der Waals surface area contributed by atoms with Crippen molar-refractivity contribution in [2.75, 3.05) is 6.54 Å². The van der Waals surface area contributed by atoms with Gasteiger partial charge in [-0.2, -0.15) is 0 Å². The van der Waals surface area contributed by atoms with E-state index >= 15 is 0 Å². The van der Waals surface area contributed by atoms with Crippen LogP contribution in [0.4, 0.5) is 0 Å². The smallest absolute Gasteiger partial charge is 0.237 e. The first-order valence-electron chi connectivity index (χ1n) is 4.42. The first-order valence-corrected chi connectivity index (χ1v) is 5.34. The number of nitrogens with zero attached hydrogens (tertiary/aromatic N) is 1. The summed E-state index contributed by atoms with van der Waals surface area (Å²) in [7, 11) is 0. The first kappa shape index (κ1) is 10.6. The lowest BCUT2D eigenvalue weighted by atomic mass is 9.99. The molecule has 1 unspecified atom stereocenters. The third-order valence-electron chi connectivity index (χ3n) is 2.40. The molecule has 0 saturated carbocycles. The maximum atomic E-state index is 11.7. The molecule has 0 N–H and O–H groups in total. The van der Waals surface area contributed by atoms with Crippen molar-refractivity contribution in [1.82, 2.24) is 4.90 Å². The largest absolute Gasteiger partial charge is 0.326 e. The number of alkyl halides is 1. The van der Waals surface area contributed by atoms with Crippen LogP contribution >= 0.6 is 15.9 Å². The minimum Gasteiger partial charge on any atom is -0.326 e. The minimum atomic E-state index is -0.455. The number of amides is 1. The van der Waals surface area contributed by atoms with Crippen LogP contribution in [-0.2, 0) is 4.79 Å². The molecule has 0 aromatic rings. The molecule has 72 valence electrons. The lowest BCUT2D eigenvalue weighted by Gasteiger charge is -2.39. The summed E-state index contributed by atoms with van der Waals surface area (Å²) in [6.07, 6.45) is 7.32. The molecule has 0 bridgehead atoms. The Labute approximate surface area is 87.8 Å². The molecule has 2 nitrogen and oxygen atoms in total. The van der Waals surface area contributed by atoms with Gasteiger partial charge in [-0.25, -0.2) is 0 Å². The van der Waals surface area contributed by atoms with Gasteiger partial charge in [0.2, 0.25) is 5.91 Å². The number of hydrogen-bond donors (Lipinski definition) is 0. The fraction of sp³-hybridized carbons (Fsp3) is 0.700. The predicted molar refractivity (Wildman–Crippen MR) is 56.6 cm³/mol. The van der Waals surface area contributed by atoms with E-state index in [0.29, 0.717) is 0 Å². The molecule has 1 rings (SSSR count). The van der Waals surface area contributed by atoms with E-state index in [2.05, 4.69) is 21.9 Å². The van der Waals surface area contributed by atoms with E-state index in [0.717, 1.165) is 19.4 Å². The van der Waals surface area contributed by atoms with E-state index < -0.39 is 5.54 Å². The van der Waals surface area contributed by atoms with Gasteiger partial charge in [0, 0.05) is 6.54 Å². The Balaban J connectivity index is 2.81. The quantitative estimate of drug-likeness (QED) is 0.508. The standard InChI is InChI=1S/C10H14BrNO/c1-4-10(2,3)12-7-5-6-8(11)9(12)13/h1,8H,5-7H2,2-3H3. The van der Waals surface area contributed by atoms with E-state index in [4.69, 9.17) is 6.42 Å². The minimum absolute atomic E-state index is 0.0473. The molecule has 1 amide bonds. The summed E-state index contributed by atoms with van der Waals surface area (Å²) >= 11 is 3.36. The molecule has 0 aromatic heterocycles. The molecule has 0 aliphatic carbocycles. The van der Waals surface area contributed by atoms with Gasteiger partial charge in [-0.1, -0.05) is 21.9 Å². The van der Waals surface area contributed by atoms with Gasteiger partial charge in [-0.05, 0) is 26.7 Å². The molecular formula is C10H14BrNO. The fourth-order valence-electron chi connectivity index (χ4n) is 1.46. The highest BCUT2D eigenvalue weighted by atomic mass is 79.9. The third-order valence-corrected chi connectivity index (χ3v) is 3.25. The number of likely N-dealkylation sites (tertiary alicyclic amines) is 1. The summed E-state index contributed by atoms with van der Waals surface area (Å²) in [6, 6.07) is 0. The molecule has 3 heteroatoms. The molecule has 1 heterocycles. The zero-order chi connectivity index (χ0) is 10.1. The Morgan fingerprint density at radius 2 is 2.31 bits per heavy atom. The van der Waals surface area contributed by atoms with Crippen molar-refractivity contribution < 1.29 is 4.79 Å². The summed E-state index contributed by atoms with van der Waals surface area (Å²) < 4.78 is 0. The van der Waals surface area contributed by atoms with Crippen molar-refractivity contribution in [3.63, 3.8) is 0 Å². The van der Waals surface area contributed by atoms with Gasteiger partial charge in [0.05, 0.1) is 10.4 Å². The van der Waals surface area contributed by atoms with Crippen molar-refractivity contribution in [1.29, 1.82) is 0 Å². The number of carbonyl (C=O) groups is 1. The average molecular weight is 244 g/mol. The van der Waals surface area contributed by atoms with Crippen molar-refractivity contribution in [2.24, 2.45) is 0 Å². The Morgan fingerprint density at radius 3 is 2.85 bits per heavy atom. The average Bonchev–Trinajstić information content (AvgIpc) is 2.09. The zero-order valence-corrected chi connectivity index (χ0v) is 9.60. The molecule has 0 aromatic carbocycles.